The number of rotatable bonds is 8. The highest BCUT2D eigenvalue weighted by atomic mass is 16.5. The summed E-state index contributed by atoms with van der Waals surface area (Å²) < 4.78 is 5.12. The van der Waals surface area contributed by atoms with Gasteiger partial charge in [0, 0.05) is 6.54 Å². The number of esters is 1. The third-order valence-corrected chi connectivity index (χ3v) is 4.21. The summed E-state index contributed by atoms with van der Waals surface area (Å²) in [6.45, 7) is 9.92. The van der Waals surface area contributed by atoms with Crippen LogP contribution < -0.4 is 5.32 Å². The molecule has 1 fully saturated rings. The van der Waals surface area contributed by atoms with Crippen molar-refractivity contribution in [3.05, 3.63) is 0 Å². The third-order valence-electron chi connectivity index (χ3n) is 4.21. The van der Waals surface area contributed by atoms with E-state index in [4.69, 9.17) is 4.74 Å². The first-order valence-electron chi connectivity index (χ1n) is 7.93. The Morgan fingerprint density at radius 2 is 1.89 bits per heavy atom. The molecule has 0 amide bonds. The molecule has 0 aromatic carbocycles. The van der Waals surface area contributed by atoms with Crippen molar-refractivity contribution in [1.29, 1.82) is 0 Å². The Bertz CT molecular complexity index is 270. The molecule has 1 N–H and O–H groups in total. The highest BCUT2D eigenvalue weighted by molar-refractivity contribution is 5.75. The predicted molar refractivity (Wildman–Crippen MR) is 79.1 cm³/mol. The van der Waals surface area contributed by atoms with Gasteiger partial charge in [0.2, 0.25) is 0 Å². The molecule has 112 valence electrons. The van der Waals surface area contributed by atoms with E-state index < -0.39 is 0 Å². The molecule has 0 aromatic heterocycles. The molecule has 1 rings (SSSR count). The number of hydrogen-bond acceptors (Lipinski definition) is 3. The zero-order chi connectivity index (χ0) is 14.3. The minimum atomic E-state index is -0.135. The molecule has 3 nitrogen and oxygen atoms in total. The minimum absolute atomic E-state index is 0.0947. The highest BCUT2D eigenvalue weighted by Crippen LogP contribution is 2.42. The Kier molecular flexibility index (Phi) is 6.84. The number of nitrogens with one attached hydrogen (secondary N) is 1. The Hall–Kier alpha value is -0.570. The smallest absolute Gasteiger partial charge is 0.323 e. The van der Waals surface area contributed by atoms with Gasteiger partial charge < -0.3 is 10.1 Å². The number of hydrogen-bond donors (Lipinski definition) is 1. The van der Waals surface area contributed by atoms with E-state index in [-0.39, 0.29) is 12.0 Å². The number of ether oxygens (including phenoxy) is 1. The van der Waals surface area contributed by atoms with E-state index in [2.05, 4.69) is 19.2 Å². The Balaban J connectivity index is 2.52. The van der Waals surface area contributed by atoms with Crippen LogP contribution in [0.5, 0.6) is 0 Å². The Labute approximate surface area is 118 Å². The van der Waals surface area contributed by atoms with Gasteiger partial charge >= 0.3 is 5.97 Å². The lowest BCUT2D eigenvalue weighted by Crippen LogP contribution is -2.43. The number of carbonyl (C=O) groups is 1. The molecule has 0 aliphatic heterocycles. The second-order valence-electron chi connectivity index (χ2n) is 6.40. The fraction of sp³-hybridized carbons (Fsp3) is 0.938. The van der Waals surface area contributed by atoms with Crippen LogP contribution in [0.15, 0.2) is 0 Å². The van der Waals surface area contributed by atoms with Crippen LogP contribution in [0.25, 0.3) is 0 Å². The van der Waals surface area contributed by atoms with Gasteiger partial charge in [0.1, 0.15) is 6.04 Å². The summed E-state index contributed by atoms with van der Waals surface area (Å²) in [7, 11) is 0. The lowest BCUT2D eigenvalue weighted by Gasteiger charge is -2.32. The molecule has 3 heteroatoms. The first-order chi connectivity index (χ1) is 9.03. The van der Waals surface area contributed by atoms with Crippen molar-refractivity contribution in [1.82, 2.24) is 5.32 Å². The first-order valence-corrected chi connectivity index (χ1v) is 7.93. The van der Waals surface area contributed by atoms with Crippen LogP contribution in [0.1, 0.15) is 66.2 Å². The first kappa shape index (κ1) is 16.5. The molecule has 1 atom stereocenters. The average molecular weight is 269 g/mol. The fourth-order valence-electron chi connectivity index (χ4n) is 3.42. The van der Waals surface area contributed by atoms with Crippen LogP contribution in [0.3, 0.4) is 0 Å². The molecule has 1 aliphatic carbocycles. The van der Waals surface area contributed by atoms with E-state index in [0.29, 0.717) is 12.0 Å². The summed E-state index contributed by atoms with van der Waals surface area (Å²) in [5, 5.41) is 3.47. The topological polar surface area (TPSA) is 38.3 Å². The molecule has 1 unspecified atom stereocenters. The summed E-state index contributed by atoms with van der Waals surface area (Å²) >= 11 is 0. The second-order valence-corrected chi connectivity index (χ2v) is 6.40. The van der Waals surface area contributed by atoms with Gasteiger partial charge in [-0.1, -0.05) is 33.6 Å². The maximum Gasteiger partial charge on any atom is 0.323 e. The van der Waals surface area contributed by atoms with E-state index in [1.165, 1.54) is 32.1 Å². The molecule has 0 saturated heterocycles. The normalized spacial score (nSPS) is 19.6. The zero-order valence-corrected chi connectivity index (χ0v) is 13.1. The molecule has 1 aliphatic rings. The van der Waals surface area contributed by atoms with Gasteiger partial charge in [-0.2, -0.15) is 0 Å². The van der Waals surface area contributed by atoms with Crippen LogP contribution in [0.2, 0.25) is 0 Å². The summed E-state index contributed by atoms with van der Waals surface area (Å²) in [6.07, 6.45) is 7.35. The molecule has 0 spiro atoms. The second kappa shape index (κ2) is 7.88. The summed E-state index contributed by atoms with van der Waals surface area (Å²) in [5.74, 6) is 0.630. The minimum Gasteiger partial charge on any atom is -0.465 e. The molecule has 0 radical (unpaired) electrons. The van der Waals surface area contributed by atoms with E-state index in [1.54, 1.807) is 0 Å². The van der Waals surface area contributed by atoms with E-state index in [1.807, 2.05) is 13.8 Å². The van der Waals surface area contributed by atoms with Gasteiger partial charge in [-0.3, -0.25) is 4.79 Å². The number of carbonyl (C=O) groups excluding carboxylic acids is 1. The molecule has 0 heterocycles. The van der Waals surface area contributed by atoms with Gasteiger partial charge in [-0.15, -0.1) is 0 Å². The maximum absolute atomic E-state index is 11.8. The standard InChI is InChI=1S/C16H31NO2/c1-5-14(15(18)19-6-2)17-12-16(11-13(3)4)9-7-8-10-16/h13-14,17H,5-12H2,1-4H3. The van der Waals surface area contributed by atoms with Crippen LogP contribution in [-0.4, -0.2) is 25.2 Å². The quantitative estimate of drug-likeness (QED) is 0.685. The monoisotopic (exact) mass is 269 g/mol. The van der Waals surface area contributed by atoms with Crippen molar-refractivity contribution in [2.45, 2.75) is 72.3 Å². The Morgan fingerprint density at radius 1 is 1.26 bits per heavy atom. The molecular weight excluding hydrogens is 238 g/mol. The van der Waals surface area contributed by atoms with Gasteiger partial charge in [-0.25, -0.2) is 0 Å². The van der Waals surface area contributed by atoms with Gasteiger partial charge in [0.05, 0.1) is 6.61 Å². The summed E-state index contributed by atoms with van der Waals surface area (Å²) in [6, 6.07) is -0.135. The maximum atomic E-state index is 11.8. The van der Waals surface area contributed by atoms with Crippen molar-refractivity contribution in [3.8, 4) is 0 Å². The van der Waals surface area contributed by atoms with Crippen molar-refractivity contribution in [3.63, 3.8) is 0 Å². The van der Waals surface area contributed by atoms with Crippen molar-refractivity contribution >= 4 is 5.97 Å². The molecule has 19 heavy (non-hydrogen) atoms. The van der Waals surface area contributed by atoms with Crippen LogP contribution in [-0.2, 0) is 9.53 Å². The molecule has 0 aromatic rings. The van der Waals surface area contributed by atoms with Crippen molar-refractivity contribution in [2.75, 3.05) is 13.2 Å². The Morgan fingerprint density at radius 3 is 2.37 bits per heavy atom. The third kappa shape index (κ3) is 5.13. The predicted octanol–water partition coefficient (Wildman–Crippen LogP) is 3.52. The fourth-order valence-corrected chi connectivity index (χ4v) is 3.42. The molecular formula is C16H31NO2. The summed E-state index contributed by atoms with van der Waals surface area (Å²) in [4.78, 5) is 11.8. The van der Waals surface area contributed by atoms with E-state index >= 15 is 0 Å². The lowest BCUT2D eigenvalue weighted by molar-refractivity contribution is -0.145. The summed E-state index contributed by atoms with van der Waals surface area (Å²) in [5.41, 5.74) is 0.411. The molecule has 1 saturated carbocycles. The molecule has 0 bridgehead atoms. The average Bonchev–Trinajstić information content (AvgIpc) is 2.78. The van der Waals surface area contributed by atoms with Gasteiger partial charge in [0.25, 0.3) is 0 Å². The van der Waals surface area contributed by atoms with Crippen molar-refractivity contribution in [2.24, 2.45) is 11.3 Å². The van der Waals surface area contributed by atoms with Crippen LogP contribution in [0.4, 0.5) is 0 Å². The van der Waals surface area contributed by atoms with E-state index in [0.717, 1.165) is 18.9 Å². The highest BCUT2D eigenvalue weighted by Gasteiger charge is 2.35. The largest absolute Gasteiger partial charge is 0.465 e. The van der Waals surface area contributed by atoms with E-state index in [9.17, 15) is 4.79 Å². The van der Waals surface area contributed by atoms with Crippen molar-refractivity contribution < 1.29 is 9.53 Å². The zero-order valence-electron chi connectivity index (χ0n) is 13.1. The lowest BCUT2D eigenvalue weighted by atomic mass is 9.78. The van der Waals surface area contributed by atoms with Crippen LogP contribution in [0, 0.1) is 11.3 Å². The van der Waals surface area contributed by atoms with Gasteiger partial charge in [0.15, 0.2) is 0 Å². The van der Waals surface area contributed by atoms with Gasteiger partial charge in [-0.05, 0) is 43.9 Å². The SMILES string of the molecule is CCOC(=O)C(CC)NCC1(CC(C)C)CCCC1. The van der Waals surface area contributed by atoms with Crippen LogP contribution >= 0.6 is 0 Å².